The van der Waals surface area contributed by atoms with E-state index in [1.165, 1.54) is 14.2 Å². The maximum absolute atomic E-state index is 12.7. The molecule has 0 bridgehead atoms. The number of aromatic amines is 1. The molecule has 2 heterocycles. The van der Waals surface area contributed by atoms with Crippen molar-refractivity contribution < 1.29 is 19.1 Å². The van der Waals surface area contributed by atoms with Crippen molar-refractivity contribution in [2.45, 2.75) is 19.3 Å². The normalized spacial score (nSPS) is 15.9. The number of ether oxygens (including phenoxy) is 2. The number of fused-ring (bicyclic) bond motifs is 1. The molecule has 9 heteroatoms. The number of anilines is 1. The fourth-order valence-electron chi connectivity index (χ4n) is 3.91. The van der Waals surface area contributed by atoms with Gasteiger partial charge < -0.3 is 24.7 Å². The van der Waals surface area contributed by atoms with Crippen LogP contribution in [0.15, 0.2) is 36.4 Å². The van der Waals surface area contributed by atoms with Gasteiger partial charge in [0.15, 0.2) is 0 Å². The number of imidazole rings is 1. The largest absolute Gasteiger partial charge is 0.495 e. The average molecular weight is 457 g/mol. The molecular formula is C23H25ClN4O4. The molecule has 0 saturated carbocycles. The first kappa shape index (κ1) is 22.0. The van der Waals surface area contributed by atoms with Crippen molar-refractivity contribution >= 4 is 40.1 Å². The van der Waals surface area contributed by atoms with Crippen molar-refractivity contribution in [3.8, 4) is 11.5 Å². The minimum absolute atomic E-state index is 0.135. The van der Waals surface area contributed by atoms with Crippen LogP contribution in [0.1, 0.15) is 18.7 Å². The fourth-order valence-corrected chi connectivity index (χ4v) is 4.14. The smallest absolute Gasteiger partial charge is 0.227 e. The molecule has 32 heavy (non-hydrogen) atoms. The summed E-state index contributed by atoms with van der Waals surface area (Å²) in [6.45, 7) is 0.783. The summed E-state index contributed by atoms with van der Waals surface area (Å²) in [6, 6.07) is 11.1. The molecule has 1 fully saturated rings. The molecule has 8 nitrogen and oxygen atoms in total. The molecule has 2 aromatic carbocycles. The number of hydrogen-bond acceptors (Lipinski definition) is 5. The van der Waals surface area contributed by atoms with Crippen LogP contribution < -0.4 is 19.7 Å². The van der Waals surface area contributed by atoms with Crippen molar-refractivity contribution in [1.82, 2.24) is 15.3 Å². The van der Waals surface area contributed by atoms with Gasteiger partial charge in [0.25, 0.3) is 0 Å². The van der Waals surface area contributed by atoms with Gasteiger partial charge in [-0.15, -0.1) is 0 Å². The predicted molar refractivity (Wildman–Crippen MR) is 122 cm³/mol. The molecule has 2 N–H and O–H groups in total. The van der Waals surface area contributed by atoms with E-state index in [1.807, 2.05) is 24.3 Å². The number of benzene rings is 2. The lowest BCUT2D eigenvalue weighted by Crippen LogP contribution is -2.33. The topological polar surface area (TPSA) is 96.6 Å². The van der Waals surface area contributed by atoms with Gasteiger partial charge in [0.1, 0.15) is 17.3 Å². The second-order valence-corrected chi connectivity index (χ2v) is 8.07. The molecule has 0 spiro atoms. The van der Waals surface area contributed by atoms with E-state index < -0.39 is 5.92 Å². The zero-order chi connectivity index (χ0) is 22.7. The highest BCUT2D eigenvalue weighted by molar-refractivity contribution is 6.32. The van der Waals surface area contributed by atoms with E-state index in [0.29, 0.717) is 28.8 Å². The molecular weight excluding hydrogens is 432 g/mol. The van der Waals surface area contributed by atoms with Crippen molar-refractivity contribution in [3.63, 3.8) is 0 Å². The molecule has 2 amide bonds. The Labute approximate surface area is 190 Å². The quantitative estimate of drug-likeness (QED) is 0.507. The van der Waals surface area contributed by atoms with E-state index in [1.54, 1.807) is 17.0 Å². The Morgan fingerprint density at radius 2 is 2.03 bits per heavy atom. The maximum Gasteiger partial charge on any atom is 0.227 e. The Balaban J connectivity index is 1.32. The molecule has 0 aliphatic carbocycles. The number of hydrogen-bond donors (Lipinski definition) is 2. The second-order valence-electron chi connectivity index (χ2n) is 7.66. The lowest BCUT2D eigenvalue weighted by atomic mass is 10.1. The molecule has 3 aromatic rings. The summed E-state index contributed by atoms with van der Waals surface area (Å²) in [7, 11) is 3.02. The van der Waals surface area contributed by atoms with Crippen molar-refractivity contribution in [2.75, 3.05) is 32.2 Å². The Morgan fingerprint density at radius 3 is 2.78 bits per heavy atom. The van der Waals surface area contributed by atoms with E-state index in [-0.39, 0.29) is 24.8 Å². The van der Waals surface area contributed by atoms with Gasteiger partial charge in [0.05, 0.1) is 41.9 Å². The van der Waals surface area contributed by atoms with Crippen LogP contribution in [0, 0.1) is 5.92 Å². The van der Waals surface area contributed by atoms with Crippen molar-refractivity contribution in [3.05, 3.63) is 47.2 Å². The summed E-state index contributed by atoms with van der Waals surface area (Å²) in [5.41, 5.74) is 2.47. The molecule has 4 rings (SSSR count). The van der Waals surface area contributed by atoms with Gasteiger partial charge in [-0.25, -0.2) is 4.98 Å². The maximum atomic E-state index is 12.7. The molecule has 1 atom stereocenters. The summed E-state index contributed by atoms with van der Waals surface area (Å²) in [6.07, 6.45) is 1.62. The average Bonchev–Trinajstić information content (AvgIpc) is 3.39. The molecule has 168 valence electrons. The SMILES string of the molecule is COc1cc(OC)c(N2C[C@H](C(=O)NCCCc3nc4ccccc4[nH]3)CC2=O)cc1Cl. The van der Waals surface area contributed by atoms with Crippen LogP contribution in [-0.2, 0) is 16.0 Å². The van der Waals surface area contributed by atoms with Crippen molar-refractivity contribution in [2.24, 2.45) is 5.92 Å². The summed E-state index contributed by atoms with van der Waals surface area (Å²) in [4.78, 5) is 34.7. The van der Waals surface area contributed by atoms with E-state index >= 15 is 0 Å². The van der Waals surface area contributed by atoms with Gasteiger partial charge in [-0.2, -0.15) is 0 Å². The zero-order valence-corrected chi connectivity index (χ0v) is 18.7. The van der Waals surface area contributed by atoms with Crippen LogP contribution in [0.2, 0.25) is 5.02 Å². The van der Waals surface area contributed by atoms with Gasteiger partial charge in [-0.3, -0.25) is 9.59 Å². The molecule has 1 aromatic heterocycles. The minimum atomic E-state index is -0.431. The molecule has 1 saturated heterocycles. The van der Waals surface area contributed by atoms with Crippen LogP contribution in [0.5, 0.6) is 11.5 Å². The minimum Gasteiger partial charge on any atom is -0.495 e. The monoisotopic (exact) mass is 456 g/mol. The third kappa shape index (κ3) is 4.50. The Hall–Kier alpha value is -3.26. The highest BCUT2D eigenvalue weighted by Gasteiger charge is 2.36. The summed E-state index contributed by atoms with van der Waals surface area (Å²) in [5.74, 6) is 1.10. The van der Waals surface area contributed by atoms with Gasteiger partial charge in [0, 0.05) is 32.0 Å². The summed E-state index contributed by atoms with van der Waals surface area (Å²) in [5, 5.41) is 3.31. The molecule has 0 radical (unpaired) electrons. The zero-order valence-electron chi connectivity index (χ0n) is 18.0. The number of amides is 2. The lowest BCUT2D eigenvalue weighted by Gasteiger charge is -2.21. The number of aromatic nitrogens is 2. The third-order valence-corrected chi connectivity index (χ3v) is 5.86. The number of carbonyl (C=O) groups is 2. The fraction of sp³-hybridized carbons (Fsp3) is 0.348. The first-order valence-electron chi connectivity index (χ1n) is 10.4. The first-order valence-corrected chi connectivity index (χ1v) is 10.8. The highest BCUT2D eigenvalue weighted by atomic mass is 35.5. The number of halogens is 1. The number of H-pyrrole nitrogens is 1. The van der Waals surface area contributed by atoms with Crippen LogP contribution in [0.25, 0.3) is 11.0 Å². The predicted octanol–water partition coefficient (Wildman–Crippen LogP) is 3.34. The Kier molecular flexibility index (Phi) is 6.50. The van der Waals surface area contributed by atoms with E-state index in [4.69, 9.17) is 21.1 Å². The van der Waals surface area contributed by atoms with Gasteiger partial charge in [-0.05, 0) is 24.6 Å². The van der Waals surface area contributed by atoms with Gasteiger partial charge in [-0.1, -0.05) is 23.7 Å². The third-order valence-electron chi connectivity index (χ3n) is 5.57. The van der Waals surface area contributed by atoms with E-state index in [0.717, 1.165) is 29.7 Å². The van der Waals surface area contributed by atoms with Gasteiger partial charge >= 0.3 is 0 Å². The second kappa shape index (κ2) is 9.48. The first-order chi connectivity index (χ1) is 15.5. The lowest BCUT2D eigenvalue weighted by molar-refractivity contribution is -0.126. The van der Waals surface area contributed by atoms with E-state index in [2.05, 4.69) is 15.3 Å². The standard InChI is InChI=1S/C23H25ClN4O4/c1-31-19-12-20(32-2)18(11-15(19)24)28-13-14(10-22(28)29)23(30)25-9-5-8-21-26-16-6-3-4-7-17(16)27-21/h3-4,6-7,11-12,14H,5,8-10,13H2,1-2H3,(H,25,30)(H,26,27)/t14-/m1/s1. The number of methoxy groups -OCH3 is 2. The number of para-hydroxylation sites is 2. The summed E-state index contributed by atoms with van der Waals surface area (Å²) < 4.78 is 10.6. The number of rotatable bonds is 8. The Morgan fingerprint density at radius 1 is 1.25 bits per heavy atom. The highest BCUT2D eigenvalue weighted by Crippen LogP contribution is 2.40. The number of nitrogens with zero attached hydrogens (tertiary/aromatic N) is 2. The van der Waals surface area contributed by atoms with Crippen molar-refractivity contribution in [1.29, 1.82) is 0 Å². The number of nitrogens with one attached hydrogen (secondary N) is 2. The van der Waals surface area contributed by atoms with E-state index in [9.17, 15) is 9.59 Å². The Bertz CT molecular complexity index is 1110. The van der Waals surface area contributed by atoms with Crippen LogP contribution in [0.4, 0.5) is 5.69 Å². The molecule has 1 aliphatic heterocycles. The molecule has 0 unspecified atom stereocenters. The number of aryl methyl sites for hydroxylation is 1. The summed E-state index contributed by atoms with van der Waals surface area (Å²) >= 11 is 6.24. The van der Waals surface area contributed by atoms with Crippen LogP contribution >= 0.6 is 11.6 Å². The number of carbonyl (C=O) groups excluding carboxylic acids is 2. The van der Waals surface area contributed by atoms with Gasteiger partial charge in [0.2, 0.25) is 11.8 Å². The van der Waals surface area contributed by atoms with Crippen LogP contribution in [0.3, 0.4) is 0 Å². The van der Waals surface area contributed by atoms with Crippen LogP contribution in [-0.4, -0.2) is 49.1 Å². The molecule has 1 aliphatic rings.